The molecule has 1 heterocycles. The molecule has 0 aliphatic carbocycles. The van der Waals surface area contributed by atoms with Crippen LogP contribution in [0.2, 0.25) is 0 Å². The van der Waals surface area contributed by atoms with E-state index in [-0.39, 0.29) is 5.91 Å². The zero-order valence-electron chi connectivity index (χ0n) is 13.1. The number of aromatic nitrogens is 2. The summed E-state index contributed by atoms with van der Waals surface area (Å²) in [5.41, 5.74) is 2.13. The summed E-state index contributed by atoms with van der Waals surface area (Å²) in [4.78, 5) is 14.1. The van der Waals surface area contributed by atoms with Gasteiger partial charge in [-0.15, -0.1) is 0 Å². The van der Waals surface area contributed by atoms with Crippen molar-refractivity contribution in [1.29, 1.82) is 0 Å². The smallest absolute Gasteiger partial charge is 0.271 e. The van der Waals surface area contributed by atoms with E-state index in [1.54, 1.807) is 25.2 Å². The summed E-state index contributed by atoms with van der Waals surface area (Å²) in [5.74, 6) is 0.708. The van der Waals surface area contributed by atoms with E-state index in [1.807, 2.05) is 31.2 Å². The van der Waals surface area contributed by atoms with Crippen LogP contribution in [0.15, 0.2) is 30.3 Å². The van der Waals surface area contributed by atoms with Crippen LogP contribution in [-0.4, -0.2) is 54.9 Å². The number of aromatic amines is 1. The summed E-state index contributed by atoms with van der Waals surface area (Å²) >= 11 is 0. The molecule has 1 aromatic heterocycles. The average molecular weight is 303 g/mol. The van der Waals surface area contributed by atoms with Crippen LogP contribution in [0.3, 0.4) is 0 Å². The Labute approximate surface area is 130 Å². The van der Waals surface area contributed by atoms with E-state index in [0.717, 1.165) is 17.0 Å². The van der Waals surface area contributed by atoms with E-state index in [0.29, 0.717) is 25.4 Å². The number of likely N-dealkylation sites (N-methyl/N-ethyl adjacent to an activating group) is 1. The molecule has 6 nitrogen and oxygen atoms in total. The van der Waals surface area contributed by atoms with Crippen molar-refractivity contribution in [2.45, 2.75) is 6.92 Å². The molecule has 118 valence electrons. The number of benzene rings is 1. The lowest BCUT2D eigenvalue weighted by Crippen LogP contribution is -2.33. The topological polar surface area (TPSA) is 67.4 Å². The normalized spacial score (nSPS) is 10.5. The number of H-pyrrole nitrogens is 1. The van der Waals surface area contributed by atoms with Gasteiger partial charge in [0, 0.05) is 25.8 Å². The molecule has 2 rings (SSSR count). The number of nitrogens with one attached hydrogen (secondary N) is 1. The van der Waals surface area contributed by atoms with Gasteiger partial charge in [0.15, 0.2) is 0 Å². The number of amides is 1. The lowest BCUT2D eigenvalue weighted by Gasteiger charge is -2.19. The van der Waals surface area contributed by atoms with Gasteiger partial charge in [-0.1, -0.05) is 0 Å². The van der Waals surface area contributed by atoms with E-state index in [2.05, 4.69) is 10.2 Å². The molecule has 0 spiro atoms. The van der Waals surface area contributed by atoms with Gasteiger partial charge in [-0.05, 0) is 37.3 Å². The van der Waals surface area contributed by atoms with E-state index < -0.39 is 0 Å². The molecule has 0 radical (unpaired) electrons. The molecule has 0 saturated heterocycles. The predicted octanol–water partition coefficient (Wildman–Crippen LogP) is 2.19. The van der Waals surface area contributed by atoms with Crippen LogP contribution in [0.5, 0.6) is 5.75 Å². The van der Waals surface area contributed by atoms with Gasteiger partial charge in [0.2, 0.25) is 0 Å². The van der Waals surface area contributed by atoms with Gasteiger partial charge in [-0.3, -0.25) is 9.89 Å². The zero-order valence-corrected chi connectivity index (χ0v) is 13.1. The van der Waals surface area contributed by atoms with Gasteiger partial charge >= 0.3 is 0 Å². The fourth-order valence-electron chi connectivity index (χ4n) is 2.12. The van der Waals surface area contributed by atoms with Gasteiger partial charge in [0.1, 0.15) is 11.4 Å². The van der Waals surface area contributed by atoms with E-state index in [4.69, 9.17) is 9.47 Å². The summed E-state index contributed by atoms with van der Waals surface area (Å²) in [6.45, 7) is 3.63. The largest absolute Gasteiger partial charge is 0.497 e. The maximum Gasteiger partial charge on any atom is 0.271 e. The molecule has 0 atom stereocenters. The molecule has 1 aromatic carbocycles. The quantitative estimate of drug-likeness (QED) is 0.851. The van der Waals surface area contributed by atoms with Crippen molar-refractivity contribution in [3.63, 3.8) is 0 Å². The number of ether oxygens (including phenoxy) is 2. The van der Waals surface area contributed by atoms with Gasteiger partial charge in [0.05, 0.1) is 19.4 Å². The molecule has 0 aliphatic rings. The summed E-state index contributed by atoms with van der Waals surface area (Å²) < 4.78 is 10.2. The van der Waals surface area contributed by atoms with Crippen molar-refractivity contribution in [2.75, 3.05) is 33.9 Å². The number of carbonyl (C=O) groups is 1. The maximum absolute atomic E-state index is 12.4. The average Bonchev–Trinajstić information content (AvgIpc) is 3.05. The first-order chi connectivity index (χ1) is 10.7. The minimum Gasteiger partial charge on any atom is -0.497 e. The molecule has 1 amide bonds. The third-order valence-corrected chi connectivity index (χ3v) is 3.43. The Morgan fingerprint density at radius 3 is 2.59 bits per heavy atom. The van der Waals surface area contributed by atoms with Crippen LogP contribution in [0.4, 0.5) is 0 Å². The molecule has 2 aromatic rings. The van der Waals surface area contributed by atoms with E-state index in [1.165, 1.54) is 0 Å². The molecule has 6 heteroatoms. The second-order valence-electron chi connectivity index (χ2n) is 4.77. The highest BCUT2D eigenvalue weighted by Crippen LogP contribution is 2.21. The Kier molecular flexibility index (Phi) is 5.55. The molecule has 0 bridgehead atoms. The molecular formula is C16H21N3O3. The summed E-state index contributed by atoms with van der Waals surface area (Å²) in [6.07, 6.45) is 0. The minimum atomic E-state index is -0.0770. The lowest BCUT2D eigenvalue weighted by molar-refractivity contribution is 0.0700. The Morgan fingerprint density at radius 1 is 1.27 bits per heavy atom. The number of nitrogens with zero attached hydrogens (tertiary/aromatic N) is 2. The first kappa shape index (κ1) is 16.0. The second-order valence-corrected chi connectivity index (χ2v) is 4.77. The minimum absolute atomic E-state index is 0.0770. The fraction of sp³-hybridized carbons (Fsp3) is 0.375. The second kappa shape index (κ2) is 7.61. The Balaban J connectivity index is 2.13. The van der Waals surface area contributed by atoms with Gasteiger partial charge in [-0.2, -0.15) is 5.10 Å². The Bertz CT molecular complexity index is 607. The number of methoxy groups -OCH3 is 2. The van der Waals surface area contributed by atoms with Crippen LogP contribution in [0.25, 0.3) is 11.3 Å². The molecule has 0 fully saturated rings. The zero-order chi connectivity index (χ0) is 15.9. The van der Waals surface area contributed by atoms with Gasteiger partial charge < -0.3 is 14.4 Å². The summed E-state index contributed by atoms with van der Waals surface area (Å²) in [5, 5.41) is 7.03. The van der Waals surface area contributed by atoms with Gasteiger partial charge in [0.25, 0.3) is 5.91 Å². The van der Waals surface area contributed by atoms with Crippen molar-refractivity contribution in [3.8, 4) is 17.0 Å². The van der Waals surface area contributed by atoms with Crippen LogP contribution in [0, 0.1) is 0 Å². The summed E-state index contributed by atoms with van der Waals surface area (Å²) in [6, 6.07) is 9.31. The maximum atomic E-state index is 12.4. The molecular weight excluding hydrogens is 282 g/mol. The van der Waals surface area contributed by atoms with E-state index >= 15 is 0 Å². The van der Waals surface area contributed by atoms with Crippen molar-refractivity contribution in [3.05, 3.63) is 36.0 Å². The molecule has 22 heavy (non-hydrogen) atoms. The van der Waals surface area contributed by atoms with Crippen LogP contribution in [0.1, 0.15) is 17.4 Å². The number of hydrogen-bond donors (Lipinski definition) is 1. The van der Waals surface area contributed by atoms with Gasteiger partial charge in [-0.25, -0.2) is 0 Å². The summed E-state index contributed by atoms with van der Waals surface area (Å²) in [7, 11) is 3.25. The Morgan fingerprint density at radius 2 is 2.00 bits per heavy atom. The molecule has 1 N–H and O–H groups in total. The predicted molar refractivity (Wildman–Crippen MR) is 84.0 cm³/mol. The monoisotopic (exact) mass is 303 g/mol. The number of hydrogen-bond acceptors (Lipinski definition) is 4. The third-order valence-electron chi connectivity index (χ3n) is 3.43. The van der Waals surface area contributed by atoms with E-state index in [9.17, 15) is 4.79 Å². The van der Waals surface area contributed by atoms with Crippen LogP contribution >= 0.6 is 0 Å². The third kappa shape index (κ3) is 3.65. The van der Waals surface area contributed by atoms with Crippen molar-refractivity contribution in [2.24, 2.45) is 0 Å². The Hall–Kier alpha value is -2.34. The first-order valence-corrected chi connectivity index (χ1v) is 7.17. The highest BCUT2D eigenvalue weighted by atomic mass is 16.5. The van der Waals surface area contributed by atoms with Crippen LogP contribution in [-0.2, 0) is 4.74 Å². The molecule has 0 unspecified atom stereocenters. The van der Waals surface area contributed by atoms with Crippen molar-refractivity contribution in [1.82, 2.24) is 15.1 Å². The highest BCUT2D eigenvalue weighted by molar-refractivity contribution is 5.93. The fourth-order valence-corrected chi connectivity index (χ4v) is 2.12. The van der Waals surface area contributed by atoms with Crippen molar-refractivity contribution >= 4 is 5.91 Å². The van der Waals surface area contributed by atoms with Crippen molar-refractivity contribution < 1.29 is 14.3 Å². The first-order valence-electron chi connectivity index (χ1n) is 7.17. The lowest BCUT2D eigenvalue weighted by atomic mass is 10.1. The SMILES string of the molecule is CCN(CCOC)C(=O)c1cc(-c2ccc(OC)cc2)n[nH]1. The number of carbonyl (C=O) groups excluding carboxylic acids is 1. The molecule has 0 aliphatic heterocycles. The highest BCUT2D eigenvalue weighted by Gasteiger charge is 2.17. The molecule has 0 saturated carbocycles. The number of rotatable bonds is 7. The van der Waals surface area contributed by atoms with Crippen LogP contribution < -0.4 is 4.74 Å². The standard InChI is InChI=1S/C16H21N3O3/c1-4-19(9-10-21-2)16(20)15-11-14(17-18-15)12-5-7-13(22-3)8-6-12/h5-8,11H,4,9-10H2,1-3H3,(H,17,18).